The number of terminal acetylenes is 1. The topological polar surface area (TPSA) is 52.2 Å². The summed E-state index contributed by atoms with van der Waals surface area (Å²) >= 11 is 7.20. The third-order valence-corrected chi connectivity index (χ3v) is 5.75. The van der Waals surface area contributed by atoms with Crippen LogP contribution in [0.1, 0.15) is 34.3 Å². The van der Waals surface area contributed by atoms with Crippen molar-refractivity contribution in [2.24, 2.45) is 5.92 Å². The highest BCUT2D eigenvalue weighted by atomic mass is 35.5. The molecule has 2 unspecified atom stereocenters. The van der Waals surface area contributed by atoms with Crippen molar-refractivity contribution in [1.82, 2.24) is 19.2 Å². The minimum absolute atomic E-state index is 0.122. The van der Waals surface area contributed by atoms with Crippen molar-refractivity contribution in [3.05, 3.63) is 49.6 Å². The highest BCUT2D eigenvalue weighted by Crippen LogP contribution is 2.49. The maximum atomic E-state index is 12.8. The lowest BCUT2D eigenvalue weighted by atomic mass is 10.2. The number of thiazole rings is 1. The Morgan fingerprint density at radius 2 is 2.19 bits per heavy atom. The summed E-state index contributed by atoms with van der Waals surface area (Å²) in [5.74, 6) is 2.97. The van der Waals surface area contributed by atoms with Crippen molar-refractivity contribution < 1.29 is 13.2 Å². The average molecular weight is 413 g/mol. The molecule has 3 heterocycles. The van der Waals surface area contributed by atoms with E-state index in [0.717, 1.165) is 27.7 Å². The SMILES string of the molecule is C#CC1CC1c1c(C)sc2nc(Cn3nc(C(F)(F)F)cc3Cl)cc(=O)n12. The number of fused-ring (bicyclic) bond motifs is 1. The number of hydrogen-bond donors (Lipinski definition) is 0. The minimum Gasteiger partial charge on any atom is -0.269 e. The predicted octanol–water partition coefficient (Wildman–Crippen LogP) is 3.72. The van der Waals surface area contributed by atoms with Crippen molar-refractivity contribution in [2.45, 2.75) is 32.0 Å². The molecule has 27 heavy (non-hydrogen) atoms. The zero-order chi connectivity index (χ0) is 19.5. The Morgan fingerprint density at radius 1 is 1.44 bits per heavy atom. The molecule has 4 rings (SSSR count). The molecule has 1 aliphatic carbocycles. The summed E-state index contributed by atoms with van der Waals surface area (Å²) in [6, 6.07) is 2.04. The summed E-state index contributed by atoms with van der Waals surface area (Å²) in [7, 11) is 0. The first-order chi connectivity index (χ1) is 12.7. The Balaban J connectivity index is 1.72. The molecule has 0 radical (unpaired) electrons. The molecule has 3 aromatic rings. The third kappa shape index (κ3) is 3.13. The van der Waals surface area contributed by atoms with E-state index in [1.807, 2.05) is 6.92 Å². The molecule has 1 saturated carbocycles. The molecular formula is C17H12ClF3N4OS. The maximum absolute atomic E-state index is 12.8. The number of hydrogen-bond acceptors (Lipinski definition) is 4. The van der Waals surface area contributed by atoms with Crippen LogP contribution in [0.2, 0.25) is 5.15 Å². The van der Waals surface area contributed by atoms with E-state index in [1.165, 1.54) is 21.8 Å². The standard InChI is InChI=1S/C17H12ClF3N4OS/c1-3-9-4-11(9)15-8(2)27-16-22-10(5-14(26)25(15)16)7-24-13(18)6-12(23-24)17(19,20)21/h1,5-6,9,11H,4,7H2,2H3. The zero-order valence-corrected chi connectivity index (χ0v) is 15.5. The Labute approximate surface area is 160 Å². The molecular weight excluding hydrogens is 401 g/mol. The minimum atomic E-state index is -4.59. The van der Waals surface area contributed by atoms with Crippen LogP contribution in [-0.2, 0) is 12.7 Å². The molecule has 0 aromatic carbocycles. The van der Waals surface area contributed by atoms with Gasteiger partial charge in [0.05, 0.1) is 12.2 Å². The van der Waals surface area contributed by atoms with Crippen LogP contribution in [-0.4, -0.2) is 19.2 Å². The zero-order valence-electron chi connectivity index (χ0n) is 13.9. The first-order valence-corrected chi connectivity index (χ1v) is 9.17. The lowest BCUT2D eigenvalue weighted by Gasteiger charge is -2.05. The molecule has 2 atom stereocenters. The van der Waals surface area contributed by atoms with E-state index in [9.17, 15) is 18.0 Å². The molecule has 0 N–H and O–H groups in total. The van der Waals surface area contributed by atoms with Gasteiger partial charge in [-0.3, -0.25) is 9.20 Å². The molecule has 0 saturated heterocycles. The van der Waals surface area contributed by atoms with Crippen LogP contribution in [0.15, 0.2) is 16.9 Å². The molecule has 0 bridgehead atoms. The van der Waals surface area contributed by atoms with Gasteiger partial charge >= 0.3 is 6.18 Å². The summed E-state index contributed by atoms with van der Waals surface area (Å²) < 4.78 is 40.8. The number of alkyl halides is 3. The lowest BCUT2D eigenvalue weighted by molar-refractivity contribution is -0.141. The predicted molar refractivity (Wildman–Crippen MR) is 95.1 cm³/mol. The fourth-order valence-electron chi connectivity index (χ4n) is 3.13. The molecule has 1 aliphatic rings. The van der Waals surface area contributed by atoms with Crippen molar-refractivity contribution in [3.63, 3.8) is 0 Å². The second-order valence-electron chi connectivity index (χ2n) is 6.37. The van der Waals surface area contributed by atoms with Gasteiger partial charge in [0.2, 0.25) is 0 Å². The monoisotopic (exact) mass is 412 g/mol. The fourth-order valence-corrected chi connectivity index (χ4v) is 4.39. The van der Waals surface area contributed by atoms with Gasteiger partial charge in [0.15, 0.2) is 10.7 Å². The van der Waals surface area contributed by atoms with Crippen LogP contribution in [0.25, 0.3) is 4.96 Å². The number of aromatic nitrogens is 4. The van der Waals surface area contributed by atoms with Gasteiger partial charge in [-0.25, -0.2) is 9.67 Å². The largest absolute Gasteiger partial charge is 0.435 e. The fraction of sp³-hybridized carbons (Fsp3) is 0.353. The highest BCUT2D eigenvalue weighted by molar-refractivity contribution is 7.17. The number of nitrogens with zero attached hydrogens (tertiary/aromatic N) is 4. The Bertz CT molecular complexity index is 1150. The summed E-state index contributed by atoms with van der Waals surface area (Å²) in [6.07, 6.45) is 1.71. The van der Waals surface area contributed by atoms with Gasteiger partial charge in [-0.2, -0.15) is 18.3 Å². The highest BCUT2D eigenvalue weighted by Gasteiger charge is 2.40. The second kappa shape index (κ2) is 6.11. The van der Waals surface area contributed by atoms with E-state index in [0.29, 0.717) is 4.96 Å². The van der Waals surface area contributed by atoms with E-state index in [4.69, 9.17) is 18.0 Å². The van der Waals surface area contributed by atoms with Crippen molar-refractivity contribution in [3.8, 4) is 12.3 Å². The van der Waals surface area contributed by atoms with Gasteiger partial charge in [0.1, 0.15) is 5.15 Å². The molecule has 1 fully saturated rings. The Morgan fingerprint density at radius 3 is 2.78 bits per heavy atom. The first kappa shape index (κ1) is 18.1. The van der Waals surface area contributed by atoms with E-state index < -0.39 is 11.9 Å². The van der Waals surface area contributed by atoms with Crippen molar-refractivity contribution in [1.29, 1.82) is 0 Å². The summed E-state index contributed by atoms with van der Waals surface area (Å²) in [4.78, 5) is 18.5. The number of rotatable bonds is 3. The van der Waals surface area contributed by atoms with Crippen LogP contribution < -0.4 is 5.56 Å². The lowest BCUT2D eigenvalue weighted by Crippen LogP contribution is -2.18. The third-order valence-electron chi connectivity index (χ3n) is 4.48. The summed E-state index contributed by atoms with van der Waals surface area (Å²) in [5, 5.41) is 3.28. The van der Waals surface area contributed by atoms with Crippen LogP contribution in [0.5, 0.6) is 0 Å². The van der Waals surface area contributed by atoms with Crippen molar-refractivity contribution in [2.75, 3.05) is 0 Å². The molecule has 140 valence electrons. The Hall–Kier alpha value is -2.31. The quantitative estimate of drug-likeness (QED) is 0.616. The van der Waals surface area contributed by atoms with E-state index in [1.54, 1.807) is 0 Å². The van der Waals surface area contributed by atoms with Gasteiger partial charge in [0.25, 0.3) is 5.56 Å². The second-order valence-corrected chi connectivity index (χ2v) is 7.94. The Kier molecular flexibility index (Phi) is 4.09. The molecule has 0 spiro atoms. The number of aryl methyl sites for hydroxylation is 1. The summed E-state index contributed by atoms with van der Waals surface area (Å²) in [5.41, 5.74) is -0.223. The van der Waals surface area contributed by atoms with Gasteiger partial charge in [-0.1, -0.05) is 11.6 Å². The van der Waals surface area contributed by atoms with Gasteiger partial charge in [0, 0.05) is 34.5 Å². The smallest absolute Gasteiger partial charge is 0.269 e. The van der Waals surface area contributed by atoms with Crippen molar-refractivity contribution >= 4 is 27.9 Å². The average Bonchev–Trinajstić information content (AvgIpc) is 3.13. The van der Waals surface area contributed by atoms with Gasteiger partial charge in [-0.05, 0) is 13.3 Å². The van der Waals surface area contributed by atoms with E-state index in [-0.39, 0.29) is 34.8 Å². The molecule has 5 nitrogen and oxygen atoms in total. The van der Waals surface area contributed by atoms with E-state index >= 15 is 0 Å². The molecule has 0 aliphatic heterocycles. The van der Waals surface area contributed by atoms with Gasteiger partial charge in [-0.15, -0.1) is 23.7 Å². The van der Waals surface area contributed by atoms with Crippen LogP contribution >= 0.6 is 22.9 Å². The van der Waals surface area contributed by atoms with Crippen LogP contribution in [0.4, 0.5) is 13.2 Å². The van der Waals surface area contributed by atoms with E-state index in [2.05, 4.69) is 16.0 Å². The molecule has 0 amide bonds. The molecule has 10 heteroatoms. The normalized spacial score (nSPS) is 19.4. The number of halogens is 4. The molecule has 3 aromatic heterocycles. The first-order valence-electron chi connectivity index (χ1n) is 7.97. The van der Waals surface area contributed by atoms with Crippen LogP contribution in [0.3, 0.4) is 0 Å². The summed E-state index contributed by atoms with van der Waals surface area (Å²) in [6.45, 7) is 1.77. The van der Waals surface area contributed by atoms with Crippen LogP contribution in [0, 0.1) is 25.2 Å². The maximum Gasteiger partial charge on any atom is 0.435 e. The van der Waals surface area contributed by atoms with Gasteiger partial charge < -0.3 is 0 Å².